The summed E-state index contributed by atoms with van der Waals surface area (Å²) < 4.78 is 16.9. The molecule has 0 radical (unpaired) electrons. The van der Waals surface area contributed by atoms with Crippen molar-refractivity contribution in [3.8, 4) is 0 Å². The Morgan fingerprint density at radius 3 is 0.851 bits per heavy atom. The van der Waals surface area contributed by atoms with E-state index in [0.29, 0.717) is 19.3 Å². The molecule has 390 valence electrons. The van der Waals surface area contributed by atoms with Gasteiger partial charge in [-0.2, -0.15) is 0 Å². The Hall–Kier alpha value is -2.63. The molecule has 0 rings (SSSR count). The van der Waals surface area contributed by atoms with E-state index in [4.69, 9.17) is 14.2 Å². The average molecular weight is 940 g/mol. The molecule has 0 amide bonds. The van der Waals surface area contributed by atoms with E-state index in [2.05, 4.69) is 69.4 Å². The Morgan fingerprint density at radius 1 is 0.299 bits per heavy atom. The second-order valence-electron chi connectivity index (χ2n) is 19.5. The fourth-order valence-corrected chi connectivity index (χ4v) is 8.35. The quantitative estimate of drug-likeness (QED) is 0.0262. The fraction of sp³-hybridized carbons (Fsp3) is 0.820. The van der Waals surface area contributed by atoms with E-state index in [9.17, 15) is 14.4 Å². The molecule has 0 heterocycles. The molecule has 6 nitrogen and oxygen atoms in total. The van der Waals surface area contributed by atoms with Gasteiger partial charge >= 0.3 is 17.9 Å². The first-order chi connectivity index (χ1) is 33.0. The zero-order chi connectivity index (χ0) is 48.6. The monoisotopic (exact) mass is 939 g/mol. The number of hydrogen-bond acceptors (Lipinski definition) is 6. The lowest BCUT2D eigenvalue weighted by Gasteiger charge is -2.18. The fourth-order valence-electron chi connectivity index (χ4n) is 8.35. The van der Waals surface area contributed by atoms with Crippen molar-refractivity contribution < 1.29 is 28.6 Å². The van der Waals surface area contributed by atoms with Gasteiger partial charge in [-0.1, -0.05) is 230 Å². The normalized spacial score (nSPS) is 12.3. The Labute approximate surface area is 416 Å². The van der Waals surface area contributed by atoms with Crippen LogP contribution >= 0.6 is 0 Å². The van der Waals surface area contributed by atoms with Gasteiger partial charge in [0.15, 0.2) is 6.10 Å². The largest absolute Gasteiger partial charge is 0.462 e. The van der Waals surface area contributed by atoms with Gasteiger partial charge in [0, 0.05) is 19.3 Å². The molecular formula is C61H110O6. The molecule has 0 aliphatic carbocycles. The van der Waals surface area contributed by atoms with Gasteiger partial charge in [-0.15, -0.1) is 0 Å². The van der Waals surface area contributed by atoms with Gasteiger partial charge in [0.2, 0.25) is 0 Å². The minimum absolute atomic E-state index is 0.0802. The van der Waals surface area contributed by atoms with E-state index in [1.165, 1.54) is 186 Å². The van der Waals surface area contributed by atoms with E-state index in [1.54, 1.807) is 0 Å². The molecule has 0 N–H and O–H groups in total. The van der Waals surface area contributed by atoms with E-state index in [-0.39, 0.29) is 31.1 Å². The average Bonchev–Trinajstić information content (AvgIpc) is 3.33. The Morgan fingerprint density at radius 2 is 0.537 bits per heavy atom. The van der Waals surface area contributed by atoms with Crippen molar-refractivity contribution in [1.29, 1.82) is 0 Å². The molecule has 0 saturated carbocycles. The van der Waals surface area contributed by atoms with Crippen LogP contribution in [0.25, 0.3) is 0 Å². The van der Waals surface area contributed by atoms with E-state index < -0.39 is 6.10 Å². The van der Waals surface area contributed by atoms with Crippen molar-refractivity contribution in [2.24, 2.45) is 0 Å². The highest BCUT2D eigenvalue weighted by Crippen LogP contribution is 2.15. The van der Waals surface area contributed by atoms with Crippen molar-refractivity contribution in [2.45, 2.75) is 309 Å². The lowest BCUT2D eigenvalue weighted by atomic mass is 10.1. The molecule has 6 heteroatoms. The molecule has 0 spiro atoms. The van der Waals surface area contributed by atoms with Gasteiger partial charge in [0.1, 0.15) is 13.2 Å². The first kappa shape index (κ1) is 64.4. The van der Waals surface area contributed by atoms with E-state index in [0.717, 1.165) is 77.0 Å². The number of carbonyl (C=O) groups excluding carboxylic acids is 3. The molecule has 0 aromatic rings. The predicted molar refractivity (Wildman–Crippen MR) is 289 cm³/mol. The number of allylic oxidation sites excluding steroid dienone is 8. The van der Waals surface area contributed by atoms with Crippen LogP contribution < -0.4 is 0 Å². The summed E-state index contributed by atoms with van der Waals surface area (Å²) in [6.45, 7) is 6.62. The number of rotatable bonds is 53. The first-order valence-electron chi connectivity index (χ1n) is 29.1. The van der Waals surface area contributed by atoms with Crippen molar-refractivity contribution >= 4 is 17.9 Å². The molecule has 0 saturated heterocycles. The summed E-state index contributed by atoms with van der Waals surface area (Å²) in [4.78, 5) is 38.1. The van der Waals surface area contributed by atoms with Crippen LogP contribution in [0.3, 0.4) is 0 Å². The number of carbonyl (C=O) groups is 3. The Balaban J connectivity index is 4.37. The van der Waals surface area contributed by atoms with Crippen LogP contribution in [0.1, 0.15) is 303 Å². The van der Waals surface area contributed by atoms with Gasteiger partial charge in [0.05, 0.1) is 0 Å². The SMILES string of the molecule is CCCCCC/C=C\C/C=C\CCCCCCCCCC(=O)OCC(COC(=O)CCCCCCC/C=C\CCCCCC)OC(=O)CCCCCCCCC/C=C\CCCCCCCCC. The number of unbranched alkanes of at least 4 members (excludes halogenated alkanes) is 34. The zero-order valence-corrected chi connectivity index (χ0v) is 44.7. The molecular weight excluding hydrogens is 829 g/mol. The molecule has 0 aromatic heterocycles. The molecule has 1 unspecified atom stereocenters. The maximum atomic E-state index is 12.9. The lowest BCUT2D eigenvalue weighted by molar-refractivity contribution is -0.167. The number of ether oxygens (including phenoxy) is 3. The van der Waals surface area contributed by atoms with Crippen LogP contribution in [0.5, 0.6) is 0 Å². The van der Waals surface area contributed by atoms with E-state index in [1.807, 2.05) is 0 Å². The minimum atomic E-state index is -0.781. The minimum Gasteiger partial charge on any atom is -0.462 e. The van der Waals surface area contributed by atoms with Crippen molar-refractivity contribution in [2.75, 3.05) is 13.2 Å². The van der Waals surface area contributed by atoms with Gasteiger partial charge in [-0.05, 0) is 103 Å². The van der Waals surface area contributed by atoms with Gasteiger partial charge in [-0.25, -0.2) is 0 Å². The Bertz CT molecular complexity index is 1170. The summed E-state index contributed by atoms with van der Waals surface area (Å²) in [5.41, 5.74) is 0. The first-order valence-corrected chi connectivity index (χ1v) is 29.1. The number of hydrogen-bond donors (Lipinski definition) is 0. The van der Waals surface area contributed by atoms with Gasteiger partial charge in [-0.3, -0.25) is 14.4 Å². The molecule has 0 aliphatic heterocycles. The Kier molecular flexibility index (Phi) is 53.8. The summed E-state index contributed by atoms with van der Waals surface area (Å²) in [5, 5.41) is 0. The van der Waals surface area contributed by atoms with Crippen LogP contribution in [0.4, 0.5) is 0 Å². The predicted octanol–water partition coefficient (Wildman–Crippen LogP) is 19.4. The van der Waals surface area contributed by atoms with Crippen LogP contribution in [-0.2, 0) is 28.6 Å². The van der Waals surface area contributed by atoms with Gasteiger partial charge in [0.25, 0.3) is 0 Å². The van der Waals surface area contributed by atoms with Crippen LogP contribution in [0, 0.1) is 0 Å². The number of esters is 3. The smallest absolute Gasteiger partial charge is 0.306 e. The van der Waals surface area contributed by atoms with Crippen molar-refractivity contribution in [1.82, 2.24) is 0 Å². The third kappa shape index (κ3) is 54.2. The summed E-state index contributed by atoms with van der Waals surface area (Å²) >= 11 is 0. The molecule has 0 bridgehead atoms. The second-order valence-corrected chi connectivity index (χ2v) is 19.5. The molecule has 0 aromatic carbocycles. The second kappa shape index (κ2) is 56.0. The molecule has 0 aliphatic rings. The summed E-state index contributed by atoms with van der Waals surface area (Å²) in [6, 6.07) is 0. The van der Waals surface area contributed by atoms with E-state index >= 15 is 0 Å². The highest BCUT2D eigenvalue weighted by molar-refractivity contribution is 5.71. The van der Waals surface area contributed by atoms with Crippen LogP contribution in [-0.4, -0.2) is 37.2 Å². The van der Waals surface area contributed by atoms with Crippen LogP contribution in [0.15, 0.2) is 48.6 Å². The van der Waals surface area contributed by atoms with Crippen molar-refractivity contribution in [3.05, 3.63) is 48.6 Å². The highest BCUT2D eigenvalue weighted by Gasteiger charge is 2.19. The molecule has 0 fully saturated rings. The van der Waals surface area contributed by atoms with Gasteiger partial charge < -0.3 is 14.2 Å². The third-order valence-electron chi connectivity index (χ3n) is 12.8. The third-order valence-corrected chi connectivity index (χ3v) is 12.8. The highest BCUT2D eigenvalue weighted by atomic mass is 16.6. The lowest BCUT2D eigenvalue weighted by Crippen LogP contribution is -2.30. The summed E-state index contributed by atoms with van der Waals surface area (Å²) in [7, 11) is 0. The maximum absolute atomic E-state index is 12.9. The standard InChI is InChI=1S/C61H110O6/c1-4-7-10-13-16-19-22-25-27-29-31-33-36-39-42-45-48-51-54-60(63)66-57-58(56-65-59(62)53-50-47-44-41-38-35-24-21-18-15-12-9-6-3)67-61(64)55-52-49-46-43-40-37-34-32-30-28-26-23-20-17-14-11-8-5-2/h19,21-22,24,27-30,58H,4-18,20,23,25-26,31-57H2,1-3H3/b22-19-,24-21-,29-27-,30-28-. The summed E-state index contributed by atoms with van der Waals surface area (Å²) in [6.07, 6.45) is 68.1. The summed E-state index contributed by atoms with van der Waals surface area (Å²) in [5.74, 6) is -0.888. The topological polar surface area (TPSA) is 78.9 Å². The van der Waals surface area contributed by atoms with Crippen molar-refractivity contribution in [3.63, 3.8) is 0 Å². The zero-order valence-electron chi connectivity index (χ0n) is 44.7. The molecule has 67 heavy (non-hydrogen) atoms. The maximum Gasteiger partial charge on any atom is 0.306 e. The molecule has 1 atom stereocenters. The van der Waals surface area contributed by atoms with Crippen LogP contribution in [0.2, 0.25) is 0 Å².